The fourth-order valence-corrected chi connectivity index (χ4v) is 2.20. The molecule has 0 radical (unpaired) electrons. The van der Waals surface area contributed by atoms with Gasteiger partial charge in [-0.1, -0.05) is 56.3 Å². The molecule has 0 aliphatic heterocycles. The predicted molar refractivity (Wildman–Crippen MR) is 103 cm³/mol. The first-order chi connectivity index (χ1) is 11.2. The molecule has 2 aromatic carbocycles. The largest absolute Gasteiger partial charge is 0.456 e. The van der Waals surface area contributed by atoms with Crippen LogP contribution in [0.15, 0.2) is 65.2 Å². The molecule has 0 fully saturated rings. The van der Waals surface area contributed by atoms with Crippen molar-refractivity contribution in [2.45, 2.75) is 34.6 Å². The van der Waals surface area contributed by atoms with E-state index >= 15 is 0 Å². The topological polar surface area (TPSA) is 39.2 Å². The number of hydrogen-bond acceptors (Lipinski definition) is 2. The van der Waals surface area contributed by atoms with Gasteiger partial charge < -0.3 is 10.2 Å². The fourth-order valence-electron chi connectivity index (χ4n) is 2.20. The van der Waals surface area contributed by atoms with E-state index in [0.29, 0.717) is 0 Å². The summed E-state index contributed by atoms with van der Waals surface area (Å²) in [6.07, 6.45) is 7.07. The number of para-hydroxylation sites is 1. The minimum Gasteiger partial charge on any atom is -0.456 e. The second-order valence-electron chi connectivity index (χ2n) is 4.89. The summed E-state index contributed by atoms with van der Waals surface area (Å²) in [6, 6.07) is 12.5. The summed E-state index contributed by atoms with van der Waals surface area (Å²) in [5.41, 5.74) is 9.50. The van der Waals surface area contributed by atoms with E-state index in [2.05, 4.69) is 32.0 Å². The van der Waals surface area contributed by atoms with E-state index in [0.717, 1.165) is 11.2 Å². The van der Waals surface area contributed by atoms with Crippen LogP contribution in [0.4, 0.5) is 0 Å². The fraction of sp³-hybridized carbons (Fsp3) is 0.238. The van der Waals surface area contributed by atoms with Crippen LogP contribution < -0.4 is 5.73 Å². The van der Waals surface area contributed by atoms with Crippen molar-refractivity contribution in [3.05, 3.63) is 72.0 Å². The molecular formula is C21H27NO. The molecule has 0 bridgehead atoms. The van der Waals surface area contributed by atoms with E-state index < -0.39 is 0 Å². The van der Waals surface area contributed by atoms with Gasteiger partial charge in [-0.15, -0.1) is 0 Å². The number of furan rings is 1. The number of hydrogen-bond donors (Lipinski definition) is 1. The van der Waals surface area contributed by atoms with Gasteiger partial charge in [0.15, 0.2) is 0 Å². The van der Waals surface area contributed by atoms with Crippen LogP contribution in [0.3, 0.4) is 0 Å². The first-order valence-electron chi connectivity index (χ1n) is 8.06. The monoisotopic (exact) mass is 309 g/mol. The maximum absolute atomic E-state index is 5.86. The molecule has 0 aliphatic carbocycles. The maximum atomic E-state index is 5.86. The molecule has 0 spiro atoms. The van der Waals surface area contributed by atoms with Crippen LogP contribution >= 0.6 is 0 Å². The molecule has 3 rings (SSSR count). The number of rotatable bonds is 1. The standard InChI is InChI=1S/C14H12O.C5H9N.C2H6/c1-9-7-8-12-11-5-3-4-6-13(11)15-14(12)10(9)2;1-2-3-4-5-6;1-2/h3-8H,1-2H3;2-5H,6H2,1H3;1-2H3/b;3-2-,5-4-;. The molecule has 0 saturated heterocycles. The second kappa shape index (κ2) is 9.52. The van der Waals surface area contributed by atoms with E-state index in [1.807, 2.05) is 51.1 Å². The Morgan fingerprint density at radius 3 is 2.22 bits per heavy atom. The van der Waals surface area contributed by atoms with Crippen molar-refractivity contribution in [2.24, 2.45) is 5.73 Å². The molecule has 0 atom stereocenters. The minimum absolute atomic E-state index is 0.973. The van der Waals surface area contributed by atoms with Crippen LogP contribution in [0.5, 0.6) is 0 Å². The highest BCUT2D eigenvalue weighted by Crippen LogP contribution is 2.31. The molecule has 0 amide bonds. The second-order valence-corrected chi connectivity index (χ2v) is 4.89. The van der Waals surface area contributed by atoms with Crippen LogP contribution in [0.1, 0.15) is 31.9 Å². The molecular weight excluding hydrogens is 282 g/mol. The van der Waals surface area contributed by atoms with Gasteiger partial charge >= 0.3 is 0 Å². The molecule has 2 N–H and O–H groups in total. The Morgan fingerprint density at radius 2 is 1.61 bits per heavy atom. The predicted octanol–water partition coefficient (Wildman–Crippen LogP) is 6.26. The normalized spacial score (nSPS) is 10.7. The average Bonchev–Trinajstić information content (AvgIpc) is 2.98. The van der Waals surface area contributed by atoms with Crippen molar-refractivity contribution in [1.29, 1.82) is 0 Å². The summed E-state index contributed by atoms with van der Waals surface area (Å²) in [4.78, 5) is 0. The Bertz CT molecular complexity index is 784. The van der Waals surface area contributed by atoms with Gasteiger partial charge in [-0.25, -0.2) is 0 Å². The van der Waals surface area contributed by atoms with E-state index in [9.17, 15) is 0 Å². The van der Waals surface area contributed by atoms with Crippen molar-refractivity contribution in [3.63, 3.8) is 0 Å². The van der Waals surface area contributed by atoms with Crippen molar-refractivity contribution in [3.8, 4) is 0 Å². The molecule has 0 unspecified atom stereocenters. The van der Waals surface area contributed by atoms with Crippen molar-refractivity contribution in [1.82, 2.24) is 0 Å². The number of fused-ring (bicyclic) bond motifs is 3. The number of allylic oxidation sites excluding steroid dienone is 3. The first kappa shape index (κ1) is 18.6. The lowest BCUT2D eigenvalue weighted by atomic mass is 10.1. The Labute approximate surface area is 139 Å². The zero-order chi connectivity index (χ0) is 17.2. The summed E-state index contributed by atoms with van der Waals surface area (Å²) in [6.45, 7) is 10.2. The summed E-state index contributed by atoms with van der Waals surface area (Å²) in [7, 11) is 0. The lowest BCUT2D eigenvalue weighted by Gasteiger charge is -1.98. The van der Waals surface area contributed by atoms with Crippen LogP contribution in [-0.4, -0.2) is 0 Å². The average molecular weight is 309 g/mol. The van der Waals surface area contributed by atoms with Crippen molar-refractivity contribution >= 4 is 21.9 Å². The first-order valence-corrected chi connectivity index (χ1v) is 8.06. The molecule has 122 valence electrons. The Hall–Kier alpha value is -2.48. The number of aryl methyl sites for hydroxylation is 2. The molecule has 0 saturated carbocycles. The Kier molecular flexibility index (Phi) is 7.69. The van der Waals surface area contributed by atoms with E-state index in [-0.39, 0.29) is 0 Å². The number of nitrogens with two attached hydrogens (primary N) is 1. The minimum atomic E-state index is 0.973. The summed E-state index contributed by atoms with van der Waals surface area (Å²) >= 11 is 0. The molecule has 3 aromatic rings. The summed E-state index contributed by atoms with van der Waals surface area (Å²) < 4.78 is 5.86. The highest BCUT2D eigenvalue weighted by molar-refractivity contribution is 6.05. The Morgan fingerprint density at radius 1 is 0.913 bits per heavy atom. The smallest absolute Gasteiger partial charge is 0.138 e. The third-order valence-corrected chi connectivity index (χ3v) is 3.48. The van der Waals surface area contributed by atoms with E-state index in [1.54, 1.807) is 6.08 Å². The molecule has 2 nitrogen and oxygen atoms in total. The molecule has 1 heterocycles. The third-order valence-electron chi connectivity index (χ3n) is 3.48. The highest BCUT2D eigenvalue weighted by atomic mass is 16.3. The SMILES string of the molecule is C/C=C\C=C/N.CC.Cc1ccc2c(oc3ccccc32)c1C. The van der Waals surface area contributed by atoms with E-state index in [1.165, 1.54) is 28.1 Å². The van der Waals surface area contributed by atoms with Gasteiger partial charge in [0.1, 0.15) is 11.2 Å². The summed E-state index contributed by atoms with van der Waals surface area (Å²) in [5.74, 6) is 0. The van der Waals surface area contributed by atoms with Gasteiger partial charge in [-0.3, -0.25) is 0 Å². The molecule has 23 heavy (non-hydrogen) atoms. The lowest BCUT2D eigenvalue weighted by molar-refractivity contribution is 0.665. The van der Waals surface area contributed by atoms with Gasteiger partial charge in [-0.05, 0) is 50.2 Å². The highest BCUT2D eigenvalue weighted by Gasteiger charge is 2.08. The maximum Gasteiger partial charge on any atom is 0.138 e. The van der Waals surface area contributed by atoms with Gasteiger partial charge in [0.25, 0.3) is 0 Å². The zero-order valence-electron chi connectivity index (χ0n) is 14.8. The van der Waals surface area contributed by atoms with Crippen LogP contribution in [0.25, 0.3) is 21.9 Å². The van der Waals surface area contributed by atoms with E-state index in [4.69, 9.17) is 10.2 Å². The lowest BCUT2D eigenvalue weighted by Crippen LogP contribution is -1.79. The van der Waals surface area contributed by atoms with Crippen LogP contribution in [0, 0.1) is 13.8 Å². The van der Waals surface area contributed by atoms with Crippen LogP contribution in [-0.2, 0) is 0 Å². The van der Waals surface area contributed by atoms with Gasteiger partial charge in [-0.2, -0.15) is 0 Å². The zero-order valence-corrected chi connectivity index (χ0v) is 14.8. The quantitative estimate of drug-likeness (QED) is 0.538. The summed E-state index contributed by atoms with van der Waals surface area (Å²) in [5, 5.41) is 2.42. The third kappa shape index (κ3) is 4.49. The van der Waals surface area contributed by atoms with Crippen molar-refractivity contribution < 1.29 is 4.42 Å². The Balaban J connectivity index is 0.000000284. The van der Waals surface area contributed by atoms with Gasteiger partial charge in [0, 0.05) is 10.8 Å². The van der Waals surface area contributed by atoms with Crippen molar-refractivity contribution in [2.75, 3.05) is 0 Å². The molecule has 0 aliphatic rings. The number of benzene rings is 2. The van der Waals surface area contributed by atoms with Gasteiger partial charge in [0.05, 0.1) is 0 Å². The molecule has 2 heteroatoms. The van der Waals surface area contributed by atoms with Crippen LogP contribution in [0.2, 0.25) is 0 Å². The molecule has 1 aromatic heterocycles. The van der Waals surface area contributed by atoms with Gasteiger partial charge in [0.2, 0.25) is 0 Å².